The van der Waals surface area contributed by atoms with Gasteiger partial charge in [-0.15, -0.1) is 0 Å². The summed E-state index contributed by atoms with van der Waals surface area (Å²) >= 11 is 3.37. The van der Waals surface area contributed by atoms with Crippen LogP contribution in [0, 0.1) is 11.3 Å². The van der Waals surface area contributed by atoms with Crippen molar-refractivity contribution in [1.82, 2.24) is 15.2 Å². The fourth-order valence-corrected chi connectivity index (χ4v) is 2.11. The lowest BCUT2D eigenvalue weighted by Gasteiger charge is -2.19. The predicted octanol–water partition coefficient (Wildman–Crippen LogP) is 2.34. The third-order valence-electron chi connectivity index (χ3n) is 2.86. The molecule has 18 heavy (non-hydrogen) atoms. The second-order valence-electron chi connectivity index (χ2n) is 3.98. The maximum absolute atomic E-state index is 9.18. The van der Waals surface area contributed by atoms with E-state index in [0.29, 0.717) is 0 Å². The molecule has 0 aliphatic carbocycles. The molecule has 1 rings (SSSR count). The Morgan fingerprint density at radius 1 is 1.44 bits per heavy atom. The van der Waals surface area contributed by atoms with Crippen molar-refractivity contribution in [3.63, 3.8) is 0 Å². The number of aromatic nitrogens is 1. The van der Waals surface area contributed by atoms with E-state index in [9.17, 15) is 5.26 Å². The number of hydrogen-bond acceptors (Lipinski definition) is 4. The monoisotopic (exact) mass is 310 g/mol. The van der Waals surface area contributed by atoms with Crippen molar-refractivity contribution in [2.24, 2.45) is 0 Å². The van der Waals surface area contributed by atoms with E-state index in [4.69, 9.17) is 0 Å². The maximum Gasteiger partial charge on any atom is 0.122 e. The molecule has 0 saturated carbocycles. The van der Waals surface area contributed by atoms with Crippen LogP contribution in [0.2, 0.25) is 0 Å². The zero-order valence-corrected chi connectivity index (χ0v) is 12.4. The summed E-state index contributed by atoms with van der Waals surface area (Å²) in [6.07, 6.45) is 3.44. The van der Waals surface area contributed by atoms with Crippen LogP contribution in [0.3, 0.4) is 0 Å². The number of rotatable bonds is 7. The summed E-state index contributed by atoms with van der Waals surface area (Å²) in [4.78, 5) is 6.40. The van der Waals surface area contributed by atoms with Gasteiger partial charge in [0.15, 0.2) is 0 Å². The highest BCUT2D eigenvalue weighted by Crippen LogP contribution is 2.15. The van der Waals surface area contributed by atoms with Crippen molar-refractivity contribution in [2.45, 2.75) is 19.9 Å². The van der Waals surface area contributed by atoms with Crippen molar-refractivity contribution in [3.05, 3.63) is 28.5 Å². The molecule has 5 heteroatoms. The molecule has 1 N–H and O–H groups in total. The lowest BCUT2D eigenvalue weighted by Crippen LogP contribution is -2.33. The quantitative estimate of drug-likeness (QED) is 0.840. The van der Waals surface area contributed by atoms with Crippen molar-refractivity contribution in [1.29, 1.82) is 5.26 Å². The maximum atomic E-state index is 9.18. The number of nitrogens with zero attached hydrogens (tertiary/aromatic N) is 3. The van der Waals surface area contributed by atoms with E-state index in [1.54, 1.807) is 12.4 Å². The lowest BCUT2D eigenvalue weighted by atomic mass is 10.1. The van der Waals surface area contributed by atoms with Crippen LogP contribution in [-0.2, 0) is 0 Å². The second-order valence-corrected chi connectivity index (χ2v) is 4.90. The smallest absolute Gasteiger partial charge is 0.122 e. The molecule has 1 aromatic rings. The molecule has 1 unspecified atom stereocenters. The number of pyridine rings is 1. The van der Waals surface area contributed by atoms with E-state index in [1.807, 2.05) is 6.07 Å². The van der Waals surface area contributed by atoms with Gasteiger partial charge in [0.1, 0.15) is 6.04 Å². The molecule has 0 amide bonds. The Morgan fingerprint density at radius 2 is 2.17 bits per heavy atom. The molecule has 0 fully saturated rings. The Hall–Kier alpha value is -0.960. The van der Waals surface area contributed by atoms with Gasteiger partial charge in [-0.05, 0) is 35.1 Å². The minimum atomic E-state index is -0.300. The summed E-state index contributed by atoms with van der Waals surface area (Å²) in [5.74, 6) is 0. The summed E-state index contributed by atoms with van der Waals surface area (Å²) in [5, 5.41) is 12.4. The van der Waals surface area contributed by atoms with E-state index in [0.717, 1.165) is 36.2 Å². The average molecular weight is 311 g/mol. The molecular formula is C13H19BrN4. The molecule has 1 atom stereocenters. The zero-order chi connectivity index (χ0) is 13.4. The molecule has 1 heterocycles. The molecule has 0 saturated heterocycles. The highest BCUT2D eigenvalue weighted by molar-refractivity contribution is 9.10. The van der Waals surface area contributed by atoms with Crippen LogP contribution in [-0.4, -0.2) is 36.1 Å². The SMILES string of the molecule is CCN(CC)CCNC(C#N)c1cncc(Br)c1. The van der Waals surface area contributed by atoms with Crippen LogP contribution in [0.25, 0.3) is 0 Å². The number of halogens is 1. The molecule has 1 aromatic heterocycles. The van der Waals surface area contributed by atoms with Gasteiger partial charge >= 0.3 is 0 Å². The van der Waals surface area contributed by atoms with E-state index < -0.39 is 0 Å². The molecular weight excluding hydrogens is 292 g/mol. The highest BCUT2D eigenvalue weighted by Gasteiger charge is 2.10. The van der Waals surface area contributed by atoms with Crippen molar-refractivity contribution in [2.75, 3.05) is 26.2 Å². The summed E-state index contributed by atoms with van der Waals surface area (Å²) in [6, 6.07) is 3.89. The Balaban J connectivity index is 2.51. The Kier molecular flexibility index (Phi) is 6.88. The van der Waals surface area contributed by atoms with Crippen LogP contribution >= 0.6 is 15.9 Å². The largest absolute Gasteiger partial charge is 0.303 e. The van der Waals surface area contributed by atoms with Gasteiger partial charge < -0.3 is 4.90 Å². The van der Waals surface area contributed by atoms with Gasteiger partial charge in [-0.25, -0.2) is 0 Å². The summed E-state index contributed by atoms with van der Waals surface area (Å²) in [5.41, 5.74) is 0.895. The van der Waals surface area contributed by atoms with Gasteiger partial charge in [0.2, 0.25) is 0 Å². The third-order valence-corrected chi connectivity index (χ3v) is 3.29. The van der Waals surface area contributed by atoms with Crippen LogP contribution in [0.15, 0.2) is 22.9 Å². The van der Waals surface area contributed by atoms with Gasteiger partial charge in [0.25, 0.3) is 0 Å². The van der Waals surface area contributed by atoms with Gasteiger partial charge in [-0.1, -0.05) is 13.8 Å². The first-order chi connectivity index (χ1) is 8.71. The topological polar surface area (TPSA) is 52.0 Å². The average Bonchev–Trinajstić information content (AvgIpc) is 2.39. The molecule has 98 valence electrons. The van der Waals surface area contributed by atoms with Crippen LogP contribution in [0.1, 0.15) is 25.5 Å². The van der Waals surface area contributed by atoms with Gasteiger partial charge in [0, 0.05) is 35.5 Å². The number of hydrogen-bond donors (Lipinski definition) is 1. The predicted molar refractivity (Wildman–Crippen MR) is 76.1 cm³/mol. The first-order valence-corrected chi connectivity index (χ1v) is 6.96. The standard InChI is InChI=1S/C13H19BrN4/c1-3-18(4-2)6-5-17-13(8-15)11-7-12(14)10-16-9-11/h7,9-10,13,17H,3-6H2,1-2H3. The van der Waals surface area contributed by atoms with Crippen LogP contribution < -0.4 is 5.32 Å². The molecule has 4 nitrogen and oxygen atoms in total. The van der Waals surface area contributed by atoms with E-state index in [-0.39, 0.29) is 6.04 Å². The first-order valence-electron chi connectivity index (χ1n) is 6.17. The van der Waals surface area contributed by atoms with Gasteiger partial charge in [-0.3, -0.25) is 10.3 Å². The Morgan fingerprint density at radius 3 is 2.72 bits per heavy atom. The van der Waals surface area contributed by atoms with Crippen molar-refractivity contribution < 1.29 is 0 Å². The first kappa shape index (κ1) is 15.1. The minimum Gasteiger partial charge on any atom is -0.303 e. The summed E-state index contributed by atoms with van der Waals surface area (Å²) in [6.45, 7) is 8.10. The molecule has 0 aliphatic rings. The fourth-order valence-electron chi connectivity index (χ4n) is 1.73. The summed E-state index contributed by atoms with van der Waals surface area (Å²) < 4.78 is 0.894. The zero-order valence-electron chi connectivity index (χ0n) is 10.9. The number of likely N-dealkylation sites (N-methyl/N-ethyl adjacent to an activating group) is 1. The normalized spacial score (nSPS) is 12.4. The fraction of sp³-hybridized carbons (Fsp3) is 0.538. The van der Waals surface area contributed by atoms with Crippen LogP contribution in [0.4, 0.5) is 0 Å². The van der Waals surface area contributed by atoms with Crippen molar-refractivity contribution in [3.8, 4) is 6.07 Å². The summed E-state index contributed by atoms with van der Waals surface area (Å²) in [7, 11) is 0. The number of nitriles is 1. The molecule has 0 aromatic carbocycles. The Labute approximate surface area is 117 Å². The third kappa shape index (κ3) is 4.73. The van der Waals surface area contributed by atoms with Crippen LogP contribution in [0.5, 0.6) is 0 Å². The van der Waals surface area contributed by atoms with Gasteiger partial charge in [0.05, 0.1) is 6.07 Å². The van der Waals surface area contributed by atoms with E-state index in [2.05, 4.69) is 51.0 Å². The van der Waals surface area contributed by atoms with E-state index in [1.165, 1.54) is 0 Å². The molecule has 0 radical (unpaired) electrons. The molecule has 0 bridgehead atoms. The second kappa shape index (κ2) is 8.20. The molecule has 0 aliphatic heterocycles. The molecule has 0 spiro atoms. The van der Waals surface area contributed by atoms with Gasteiger partial charge in [-0.2, -0.15) is 5.26 Å². The number of nitrogens with one attached hydrogen (secondary N) is 1. The van der Waals surface area contributed by atoms with Crippen molar-refractivity contribution >= 4 is 15.9 Å². The van der Waals surface area contributed by atoms with E-state index >= 15 is 0 Å². The highest BCUT2D eigenvalue weighted by atomic mass is 79.9. The Bertz CT molecular complexity index is 398. The minimum absolute atomic E-state index is 0.300. The lowest BCUT2D eigenvalue weighted by molar-refractivity contribution is 0.300.